The molecule has 1 saturated heterocycles. The Kier molecular flexibility index (Phi) is 4.94. The highest BCUT2D eigenvalue weighted by molar-refractivity contribution is 5.73. The van der Waals surface area contributed by atoms with Crippen LogP contribution in [0.1, 0.15) is 39.5 Å². The molecule has 0 amide bonds. The highest BCUT2D eigenvalue weighted by atomic mass is 15.1. The molecule has 3 nitrogen and oxygen atoms in total. The number of hydrogen-bond acceptors (Lipinski definition) is 3. The summed E-state index contributed by atoms with van der Waals surface area (Å²) in [5.74, 6) is 0. The van der Waals surface area contributed by atoms with Crippen molar-refractivity contribution in [3.05, 3.63) is 18.2 Å². The fourth-order valence-electron chi connectivity index (χ4n) is 2.93. The number of anilines is 3. The lowest BCUT2D eigenvalue weighted by atomic mass is 10.2. The van der Waals surface area contributed by atoms with Gasteiger partial charge in [-0.3, -0.25) is 0 Å². The molecule has 19 heavy (non-hydrogen) atoms. The molecule has 0 radical (unpaired) electrons. The lowest BCUT2D eigenvalue weighted by Crippen LogP contribution is -2.26. The van der Waals surface area contributed by atoms with Gasteiger partial charge in [-0.1, -0.05) is 12.8 Å². The second-order valence-electron chi connectivity index (χ2n) is 5.32. The Morgan fingerprint density at radius 2 is 1.68 bits per heavy atom. The number of nitrogens with two attached hydrogens (primary N) is 1. The van der Waals surface area contributed by atoms with Crippen LogP contribution in [0.5, 0.6) is 0 Å². The summed E-state index contributed by atoms with van der Waals surface area (Å²) in [6, 6.07) is 6.55. The number of nitrogen functional groups attached to an aromatic ring is 1. The maximum absolute atomic E-state index is 6.28. The van der Waals surface area contributed by atoms with Gasteiger partial charge in [0, 0.05) is 31.9 Å². The Morgan fingerprint density at radius 3 is 2.21 bits per heavy atom. The molecule has 0 aromatic heterocycles. The third kappa shape index (κ3) is 3.34. The van der Waals surface area contributed by atoms with Crippen molar-refractivity contribution in [2.45, 2.75) is 39.5 Å². The van der Waals surface area contributed by atoms with Crippen LogP contribution in [0.2, 0.25) is 0 Å². The topological polar surface area (TPSA) is 32.5 Å². The first-order chi connectivity index (χ1) is 9.26. The molecule has 106 valence electrons. The third-order valence-corrected chi connectivity index (χ3v) is 4.09. The molecular weight excluding hydrogens is 234 g/mol. The summed E-state index contributed by atoms with van der Waals surface area (Å²) in [6.07, 6.45) is 5.29. The number of benzene rings is 1. The van der Waals surface area contributed by atoms with Gasteiger partial charge in [0.1, 0.15) is 0 Å². The predicted molar refractivity (Wildman–Crippen MR) is 85.1 cm³/mol. The van der Waals surface area contributed by atoms with Crippen molar-refractivity contribution in [1.29, 1.82) is 0 Å². The Morgan fingerprint density at radius 1 is 1.05 bits per heavy atom. The van der Waals surface area contributed by atoms with E-state index in [2.05, 4.69) is 41.8 Å². The molecule has 0 saturated carbocycles. The molecule has 1 aliphatic rings. The van der Waals surface area contributed by atoms with Gasteiger partial charge >= 0.3 is 0 Å². The van der Waals surface area contributed by atoms with E-state index in [1.165, 1.54) is 37.1 Å². The minimum absolute atomic E-state index is 0.923. The van der Waals surface area contributed by atoms with Crippen LogP contribution in [0, 0.1) is 0 Å². The summed E-state index contributed by atoms with van der Waals surface area (Å²) in [5, 5.41) is 0. The molecule has 0 spiro atoms. The zero-order valence-electron chi connectivity index (χ0n) is 12.4. The Balaban J connectivity index is 2.18. The molecule has 1 aliphatic heterocycles. The van der Waals surface area contributed by atoms with Gasteiger partial charge in [0.15, 0.2) is 0 Å². The zero-order chi connectivity index (χ0) is 13.7. The first-order valence-corrected chi connectivity index (χ1v) is 7.65. The average Bonchev–Trinajstić information content (AvgIpc) is 2.69. The zero-order valence-corrected chi connectivity index (χ0v) is 12.4. The summed E-state index contributed by atoms with van der Waals surface area (Å²) in [6.45, 7) is 8.71. The molecule has 0 atom stereocenters. The predicted octanol–water partition coefficient (Wildman–Crippen LogP) is 3.50. The van der Waals surface area contributed by atoms with Crippen LogP contribution in [0.3, 0.4) is 0 Å². The summed E-state index contributed by atoms with van der Waals surface area (Å²) in [7, 11) is 0. The van der Waals surface area contributed by atoms with Crippen LogP contribution in [0.15, 0.2) is 18.2 Å². The molecule has 1 fully saturated rings. The van der Waals surface area contributed by atoms with Crippen LogP contribution in [-0.2, 0) is 0 Å². The largest absolute Gasteiger partial charge is 0.397 e. The Labute approximate surface area is 117 Å². The number of nitrogens with zero attached hydrogens (tertiary/aromatic N) is 2. The number of hydrogen-bond donors (Lipinski definition) is 1. The molecule has 2 rings (SSSR count). The van der Waals surface area contributed by atoms with E-state index in [9.17, 15) is 0 Å². The van der Waals surface area contributed by atoms with Crippen molar-refractivity contribution in [3.63, 3.8) is 0 Å². The molecule has 0 unspecified atom stereocenters. The average molecular weight is 261 g/mol. The molecule has 2 N–H and O–H groups in total. The van der Waals surface area contributed by atoms with E-state index in [1.54, 1.807) is 0 Å². The fourth-order valence-corrected chi connectivity index (χ4v) is 2.93. The normalized spacial score (nSPS) is 16.2. The van der Waals surface area contributed by atoms with E-state index in [1.807, 2.05) is 0 Å². The highest BCUT2D eigenvalue weighted by Crippen LogP contribution is 2.30. The van der Waals surface area contributed by atoms with Crippen molar-refractivity contribution in [3.8, 4) is 0 Å². The fraction of sp³-hybridized carbons (Fsp3) is 0.625. The van der Waals surface area contributed by atoms with E-state index in [4.69, 9.17) is 5.73 Å². The molecule has 1 aromatic carbocycles. The smallest absolute Gasteiger partial charge is 0.0601 e. The summed E-state index contributed by atoms with van der Waals surface area (Å²) in [4.78, 5) is 4.79. The van der Waals surface area contributed by atoms with E-state index in [-0.39, 0.29) is 0 Å². The standard InChI is InChI=1S/C16H27N3/c1-3-18(4-2)14-9-10-16(15(17)13-14)19-11-7-5-6-8-12-19/h9-10,13H,3-8,11-12,17H2,1-2H3. The second-order valence-corrected chi connectivity index (χ2v) is 5.32. The highest BCUT2D eigenvalue weighted by Gasteiger charge is 2.13. The molecule has 0 aliphatic carbocycles. The van der Waals surface area contributed by atoms with Gasteiger partial charge in [-0.2, -0.15) is 0 Å². The molecule has 3 heteroatoms. The van der Waals surface area contributed by atoms with Crippen molar-refractivity contribution >= 4 is 17.1 Å². The summed E-state index contributed by atoms with van der Waals surface area (Å²) in [5.41, 5.74) is 9.66. The van der Waals surface area contributed by atoms with Gasteiger partial charge in [0.05, 0.1) is 11.4 Å². The number of rotatable bonds is 4. The van der Waals surface area contributed by atoms with Crippen LogP contribution in [0.25, 0.3) is 0 Å². The quantitative estimate of drug-likeness (QED) is 0.842. The van der Waals surface area contributed by atoms with Crippen molar-refractivity contribution in [2.75, 3.05) is 41.7 Å². The van der Waals surface area contributed by atoms with Gasteiger partial charge in [-0.05, 0) is 44.9 Å². The molecule has 0 bridgehead atoms. The molecule has 1 heterocycles. The maximum Gasteiger partial charge on any atom is 0.0601 e. The second kappa shape index (κ2) is 6.69. The van der Waals surface area contributed by atoms with Crippen LogP contribution in [-0.4, -0.2) is 26.2 Å². The monoisotopic (exact) mass is 261 g/mol. The van der Waals surface area contributed by atoms with Crippen LogP contribution in [0.4, 0.5) is 17.1 Å². The van der Waals surface area contributed by atoms with E-state index >= 15 is 0 Å². The Bertz CT molecular complexity index is 391. The minimum atomic E-state index is 0.923. The maximum atomic E-state index is 6.28. The van der Waals surface area contributed by atoms with Gasteiger partial charge in [-0.15, -0.1) is 0 Å². The van der Waals surface area contributed by atoms with Gasteiger partial charge < -0.3 is 15.5 Å². The third-order valence-electron chi connectivity index (χ3n) is 4.09. The minimum Gasteiger partial charge on any atom is -0.397 e. The van der Waals surface area contributed by atoms with E-state index < -0.39 is 0 Å². The summed E-state index contributed by atoms with van der Waals surface area (Å²) < 4.78 is 0. The van der Waals surface area contributed by atoms with Crippen molar-refractivity contribution < 1.29 is 0 Å². The summed E-state index contributed by atoms with van der Waals surface area (Å²) >= 11 is 0. The van der Waals surface area contributed by atoms with E-state index in [0.29, 0.717) is 0 Å². The van der Waals surface area contributed by atoms with Gasteiger partial charge in [0.25, 0.3) is 0 Å². The lowest BCUT2D eigenvalue weighted by molar-refractivity contribution is 0.726. The first-order valence-electron chi connectivity index (χ1n) is 7.65. The van der Waals surface area contributed by atoms with Crippen LogP contribution >= 0.6 is 0 Å². The first kappa shape index (κ1) is 14.0. The molecule has 1 aromatic rings. The Hall–Kier alpha value is -1.38. The van der Waals surface area contributed by atoms with Crippen molar-refractivity contribution in [2.24, 2.45) is 0 Å². The lowest BCUT2D eigenvalue weighted by Gasteiger charge is -2.27. The van der Waals surface area contributed by atoms with Gasteiger partial charge in [-0.25, -0.2) is 0 Å². The van der Waals surface area contributed by atoms with Gasteiger partial charge in [0.2, 0.25) is 0 Å². The van der Waals surface area contributed by atoms with Crippen LogP contribution < -0.4 is 15.5 Å². The molecular formula is C16H27N3. The van der Waals surface area contributed by atoms with E-state index in [0.717, 1.165) is 31.9 Å². The SMILES string of the molecule is CCN(CC)c1ccc(N2CCCCCC2)c(N)c1. The van der Waals surface area contributed by atoms with Crippen molar-refractivity contribution in [1.82, 2.24) is 0 Å².